The predicted octanol–water partition coefficient (Wildman–Crippen LogP) is 1.80. The first-order valence-corrected chi connectivity index (χ1v) is 5.53. The summed E-state index contributed by atoms with van der Waals surface area (Å²) in [4.78, 5) is 23.1. The van der Waals surface area contributed by atoms with E-state index < -0.39 is 5.41 Å². The van der Waals surface area contributed by atoms with E-state index in [9.17, 15) is 9.59 Å². The lowest BCUT2D eigenvalue weighted by Gasteiger charge is -2.39. The minimum atomic E-state index is -0.509. The highest BCUT2D eigenvalue weighted by Gasteiger charge is 2.65. The van der Waals surface area contributed by atoms with E-state index in [0.717, 1.165) is 25.5 Å². The molecule has 0 heterocycles. The molecular formula is C12H18O3. The Kier molecular flexibility index (Phi) is 2.18. The van der Waals surface area contributed by atoms with Crippen molar-refractivity contribution in [1.82, 2.24) is 0 Å². The van der Waals surface area contributed by atoms with Crippen molar-refractivity contribution in [3.8, 4) is 0 Å². The van der Waals surface area contributed by atoms with Crippen LogP contribution in [0.3, 0.4) is 0 Å². The molecule has 3 unspecified atom stereocenters. The van der Waals surface area contributed by atoms with E-state index in [1.807, 2.05) is 0 Å². The highest BCUT2D eigenvalue weighted by Crippen LogP contribution is 2.65. The third-order valence-corrected chi connectivity index (χ3v) is 4.73. The lowest BCUT2D eigenvalue weighted by Crippen LogP contribution is -2.42. The van der Waals surface area contributed by atoms with Gasteiger partial charge in [0.05, 0.1) is 12.5 Å². The van der Waals surface area contributed by atoms with E-state index in [4.69, 9.17) is 4.74 Å². The fraction of sp³-hybridized carbons (Fsp3) is 0.833. The number of ether oxygens (including phenoxy) is 1. The van der Waals surface area contributed by atoms with E-state index in [0.29, 0.717) is 5.92 Å². The van der Waals surface area contributed by atoms with Crippen LogP contribution in [0.1, 0.15) is 33.1 Å². The molecule has 2 bridgehead atoms. The van der Waals surface area contributed by atoms with Crippen LogP contribution in [0.25, 0.3) is 0 Å². The van der Waals surface area contributed by atoms with Gasteiger partial charge in [0.2, 0.25) is 0 Å². The first-order chi connectivity index (χ1) is 6.99. The fourth-order valence-corrected chi connectivity index (χ4v) is 3.78. The molecule has 3 heteroatoms. The van der Waals surface area contributed by atoms with Crippen LogP contribution in [0, 0.1) is 22.7 Å². The summed E-state index contributed by atoms with van der Waals surface area (Å²) >= 11 is 0. The molecule has 2 rings (SSSR count). The Morgan fingerprint density at radius 3 is 2.67 bits per heavy atom. The van der Waals surface area contributed by atoms with Crippen molar-refractivity contribution < 1.29 is 14.3 Å². The highest BCUT2D eigenvalue weighted by atomic mass is 16.5. The third kappa shape index (κ3) is 1.12. The molecule has 0 aromatic carbocycles. The van der Waals surface area contributed by atoms with E-state index in [2.05, 4.69) is 13.8 Å². The molecule has 0 N–H and O–H groups in total. The van der Waals surface area contributed by atoms with E-state index >= 15 is 0 Å². The van der Waals surface area contributed by atoms with Crippen molar-refractivity contribution >= 4 is 12.3 Å². The number of hydrogen-bond donors (Lipinski definition) is 0. The largest absolute Gasteiger partial charge is 0.469 e. The smallest absolute Gasteiger partial charge is 0.312 e. The summed E-state index contributed by atoms with van der Waals surface area (Å²) in [5.41, 5.74) is -0.557. The topological polar surface area (TPSA) is 43.4 Å². The van der Waals surface area contributed by atoms with E-state index in [-0.39, 0.29) is 17.3 Å². The van der Waals surface area contributed by atoms with Crippen molar-refractivity contribution in [1.29, 1.82) is 0 Å². The zero-order valence-electron chi connectivity index (χ0n) is 9.58. The Bertz CT molecular complexity index is 308. The Balaban J connectivity index is 2.41. The van der Waals surface area contributed by atoms with Gasteiger partial charge in [-0.2, -0.15) is 0 Å². The minimum Gasteiger partial charge on any atom is -0.469 e. The zero-order chi connectivity index (χ0) is 11.3. The molecule has 15 heavy (non-hydrogen) atoms. The van der Waals surface area contributed by atoms with Gasteiger partial charge in [-0.25, -0.2) is 0 Å². The molecule has 0 amide bonds. The molecule has 0 aromatic heterocycles. The highest BCUT2D eigenvalue weighted by molar-refractivity contribution is 5.83. The lowest BCUT2D eigenvalue weighted by molar-refractivity contribution is -0.158. The van der Waals surface area contributed by atoms with Crippen LogP contribution in [-0.2, 0) is 14.3 Å². The first-order valence-electron chi connectivity index (χ1n) is 5.53. The number of esters is 1. The van der Waals surface area contributed by atoms with Crippen molar-refractivity contribution in [3.63, 3.8) is 0 Å². The van der Waals surface area contributed by atoms with Crippen molar-refractivity contribution in [3.05, 3.63) is 0 Å². The second-order valence-corrected chi connectivity index (χ2v) is 5.52. The normalized spacial score (nSPS) is 41.5. The monoisotopic (exact) mass is 210 g/mol. The number of fused-ring (bicyclic) bond motifs is 2. The summed E-state index contributed by atoms with van der Waals surface area (Å²) < 4.78 is 4.88. The average molecular weight is 210 g/mol. The van der Waals surface area contributed by atoms with Crippen LogP contribution >= 0.6 is 0 Å². The number of rotatable bonds is 2. The quantitative estimate of drug-likeness (QED) is 0.515. The van der Waals surface area contributed by atoms with E-state index in [1.54, 1.807) is 0 Å². The van der Waals surface area contributed by atoms with Crippen LogP contribution in [-0.4, -0.2) is 19.4 Å². The van der Waals surface area contributed by atoms with Gasteiger partial charge in [-0.3, -0.25) is 4.79 Å². The summed E-state index contributed by atoms with van der Waals surface area (Å²) in [6, 6.07) is 0. The van der Waals surface area contributed by atoms with Crippen LogP contribution < -0.4 is 0 Å². The maximum atomic E-state index is 11.9. The number of hydrogen-bond acceptors (Lipinski definition) is 3. The number of methoxy groups -OCH3 is 1. The second-order valence-electron chi connectivity index (χ2n) is 5.52. The molecule has 3 atom stereocenters. The van der Waals surface area contributed by atoms with Crippen LogP contribution in [0.5, 0.6) is 0 Å². The van der Waals surface area contributed by atoms with Gasteiger partial charge in [0, 0.05) is 5.92 Å². The van der Waals surface area contributed by atoms with Crippen molar-refractivity contribution in [2.45, 2.75) is 33.1 Å². The molecule has 0 aliphatic heterocycles. The van der Waals surface area contributed by atoms with Crippen LogP contribution in [0.4, 0.5) is 0 Å². The van der Waals surface area contributed by atoms with E-state index in [1.165, 1.54) is 7.11 Å². The van der Waals surface area contributed by atoms with Gasteiger partial charge in [0.15, 0.2) is 0 Å². The summed E-state index contributed by atoms with van der Waals surface area (Å²) in [5, 5.41) is 0. The van der Waals surface area contributed by atoms with Gasteiger partial charge in [-0.15, -0.1) is 0 Å². The standard InChI is InChI=1S/C12H18O3/c1-11(2)8-4-5-12(6-8,9(11)7-13)10(14)15-3/h7-9H,4-6H2,1-3H3. The molecule has 2 saturated carbocycles. The molecule has 0 aromatic rings. The molecule has 0 saturated heterocycles. The van der Waals surface area contributed by atoms with Gasteiger partial charge in [0.25, 0.3) is 0 Å². The van der Waals surface area contributed by atoms with Crippen molar-refractivity contribution in [2.24, 2.45) is 22.7 Å². The van der Waals surface area contributed by atoms with Gasteiger partial charge in [0.1, 0.15) is 6.29 Å². The maximum absolute atomic E-state index is 11.9. The average Bonchev–Trinajstić information content (AvgIpc) is 2.71. The molecule has 0 radical (unpaired) electrons. The fourth-order valence-electron chi connectivity index (χ4n) is 3.78. The maximum Gasteiger partial charge on any atom is 0.312 e. The van der Waals surface area contributed by atoms with Gasteiger partial charge in [-0.05, 0) is 30.6 Å². The van der Waals surface area contributed by atoms with Gasteiger partial charge < -0.3 is 9.53 Å². The Hall–Kier alpha value is -0.860. The van der Waals surface area contributed by atoms with Gasteiger partial charge >= 0.3 is 5.97 Å². The van der Waals surface area contributed by atoms with Crippen LogP contribution in [0.15, 0.2) is 0 Å². The molecular weight excluding hydrogens is 192 g/mol. The summed E-state index contributed by atoms with van der Waals surface area (Å²) in [5.74, 6) is 0.135. The third-order valence-electron chi connectivity index (χ3n) is 4.73. The SMILES string of the molecule is COC(=O)C12CCC(C1)C(C)(C)C2C=O. The molecule has 2 fully saturated rings. The lowest BCUT2D eigenvalue weighted by atomic mass is 9.64. The Labute approximate surface area is 90.2 Å². The molecule has 2 aliphatic rings. The molecule has 2 aliphatic carbocycles. The minimum absolute atomic E-state index is 0.0474. The summed E-state index contributed by atoms with van der Waals surface area (Å²) in [7, 11) is 1.41. The van der Waals surface area contributed by atoms with Crippen molar-refractivity contribution in [2.75, 3.05) is 7.11 Å². The van der Waals surface area contributed by atoms with Crippen LogP contribution in [0.2, 0.25) is 0 Å². The first kappa shape index (κ1) is 10.7. The Morgan fingerprint density at radius 2 is 2.13 bits per heavy atom. The predicted molar refractivity (Wildman–Crippen MR) is 55.1 cm³/mol. The molecule has 84 valence electrons. The number of carbonyl (C=O) groups is 2. The second kappa shape index (κ2) is 3.06. The number of aldehydes is 1. The molecule has 0 spiro atoms. The van der Waals surface area contributed by atoms with Gasteiger partial charge in [-0.1, -0.05) is 13.8 Å². The summed E-state index contributed by atoms with van der Waals surface area (Å²) in [6.45, 7) is 4.20. The number of carbonyl (C=O) groups excluding carboxylic acids is 2. The zero-order valence-corrected chi connectivity index (χ0v) is 9.58. The Morgan fingerprint density at radius 1 is 1.47 bits per heavy atom. The molecule has 3 nitrogen and oxygen atoms in total. The summed E-state index contributed by atoms with van der Waals surface area (Å²) in [6.07, 6.45) is 3.66.